The zero-order valence-corrected chi connectivity index (χ0v) is 13.5. The topological polar surface area (TPSA) is 59.8 Å². The highest BCUT2D eigenvalue weighted by Gasteiger charge is 2.13. The van der Waals surface area contributed by atoms with Crippen molar-refractivity contribution in [1.82, 2.24) is 14.8 Å². The van der Waals surface area contributed by atoms with E-state index in [-0.39, 0.29) is 11.7 Å². The molecule has 1 aromatic carbocycles. The molecular formula is C15H12BrFN4O. The summed E-state index contributed by atoms with van der Waals surface area (Å²) < 4.78 is 15.2. The smallest absolute Gasteiger partial charge is 0.257 e. The van der Waals surface area contributed by atoms with Gasteiger partial charge in [-0.1, -0.05) is 0 Å². The van der Waals surface area contributed by atoms with E-state index in [1.54, 1.807) is 17.8 Å². The van der Waals surface area contributed by atoms with Crippen molar-refractivity contribution in [3.63, 3.8) is 0 Å². The Balaban J connectivity index is 1.93. The van der Waals surface area contributed by atoms with Crippen molar-refractivity contribution in [3.8, 4) is 0 Å². The fourth-order valence-electron chi connectivity index (χ4n) is 2.22. The molecule has 0 radical (unpaired) electrons. The molecule has 2 aromatic heterocycles. The average Bonchev–Trinajstić information content (AvgIpc) is 2.76. The number of amides is 1. The molecule has 112 valence electrons. The van der Waals surface area contributed by atoms with E-state index in [2.05, 4.69) is 31.3 Å². The Morgan fingerprint density at radius 1 is 1.36 bits per heavy atom. The standard InChI is InChI=1S/C15H12BrFN4O/c1-8-11-5-9(7-18-14(11)21(2)20-8)15(22)19-13-4-3-10(17)6-12(13)16/h3-7H,1-2H3,(H,19,22). The van der Waals surface area contributed by atoms with Crippen LogP contribution in [-0.4, -0.2) is 20.7 Å². The van der Waals surface area contributed by atoms with E-state index in [1.807, 2.05) is 6.92 Å². The molecule has 0 atom stereocenters. The molecule has 0 unspecified atom stereocenters. The van der Waals surface area contributed by atoms with Gasteiger partial charge in [0.25, 0.3) is 5.91 Å². The highest BCUT2D eigenvalue weighted by Crippen LogP contribution is 2.24. The van der Waals surface area contributed by atoms with Gasteiger partial charge < -0.3 is 5.32 Å². The summed E-state index contributed by atoms with van der Waals surface area (Å²) in [4.78, 5) is 16.6. The lowest BCUT2D eigenvalue weighted by molar-refractivity contribution is 0.102. The number of hydrogen-bond acceptors (Lipinski definition) is 3. The second kappa shape index (κ2) is 5.49. The van der Waals surface area contributed by atoms with Crippen molar-refractivity contribution in [1.29, 1.82) is 0 Å². The maximum Gasteiger partial charge on any atom is 0.257 e. The SMILES string of the molecule is Cc1nn(C)c2ncc(C(=O)Nc3ccc(F)cc3Br)cc12. The molecule has 0 aliphatic heterocycles. The Hall–Kier alpha value is -2.28. The van der Waals surface area contributed by atoms with Gasteiger partial charge in [-0.2, -0.15) is 5.10 Å². The fourth-order valence-corrected chi connectivity index (χ4v) is 2.67. The normalized spacial score (nSPS) is 10.9. The number of carbonyl (C=O) groups excluding carboxylic acids is 1. The first-order valence-corrected chi connectivity index (χ1v) is 7.31. The Morgan fingerprint density at radius 2 is 2.14 bits per heavy atom. The van der Waals surface area contributed by atoms with Crippen LogP contribution in [0.5, 0.6) is 0 Å². The second-order valence-corrected chi connectivity index (χ2v) is 5.74. The predicted molar refractivity (Wildman–Crippen MR) is 85.3 cm³/mol. The Morgan fingerprint density at radius 3 is 2.86 bits per heavy atom. The maximum absolute atomic E-state index is 13.1. The van der Waals surface area contributed by atoms with Crippen LogP contribution >= 0.6 is 15.9 Å². The van der Waals surface area contributed by atoms with Crippen molar-refractivity contribution in [2.24, 2.45) is 7.05 Å². The summed E-state index contributed by atoms with van der Waals surface area (Å²) in [6.07, 6.45) is 1.50. The van der Waals surface area contributed by atoms with Gasteiger partial charge in [0, 0.05) is 23.1 Å². The van der Waals surface area contributed by atoms with E-state index in [9.17, 15) is 9.18 Å². The molecule has 3 aromatic rings. The van der Waals surface area contributed by atoms with E-state index in [0.29, 0.717) is 15.7 Å². The minimum absolute atomic E-state index is 0.315. The largest absolute Gasteiger partial charge is 0.321 e. The monoisotopic (exact) mass is 362 g/mol. The van der Waals surface area contributed by atoms with Crippen LogP contribution in [0.3, 0.4) is 0 Å². The van der Waals surface area contributed by atoms with Gasteiger partial charge in [-0.15, -0.1) is 0 Å². The van der Waals surface area contributed by atoms with Gasteiger partial charge in [0.1, 0.15) is 5.82 Å². The average molecular weight is 363 g/mol. The number of pyridine rings is 1. The van der Waals surface area contributed by atoms with Gasteiger partial charge in [-0.25, -0.2) is 9.37 Å². The van der Waals surface area contributed by atoms with Crippen molar-refractivity contribution >= 4 is 38.6 Å². The van der Waals surface area contributed by atoms with Crippen LogP contribution < -0.4 is 5.32 Å². The van der Waals surface area contributed by atoms with E-state index in [1.165, 1.54) is 24.4 Å². The summed E-state index contributed by atoms with van der Waals surface area (Å²) in [5, 5.41) is 7.82. The number of nitrogens with zero attached hydrogens (tertiary/aromatic N) is 3. The summed E-state index contributed by atoms with van der Waals surface area (Å²) in [5.41, 5.74) is 2.44. The van der Waals surface area contributed by atoms with Gasteiger partial charge in [0.15, 0.2) is 5.65 Å². The molecule has 0 bridgehead atoms. The molecule has 3 rings (SSSR count). The Kier molecular flexibility index (Phi) is 3.66. The van der Waals surface area contributed by atoms with Crippen LogP contribution in [0.2, 0.25) is 0 Å². The third kappa shape index (κ3) is 2.59. The Bertz CT molecular complexity index is 891. The summed E-state index contributed by atoms with van der Waals surface area (Å²) in [6.45, 7) is 1.86. The second-order valence-electron chi connectivity index (χ2n) is 4.88. The summed E-state index contributed by atoms with van der Waals surface area (Å²) in [7, 11) is 1.80. The highest BCUT2D eigenvalue weighted by atomic mass is 79.9. The summed E-state index contributed by atoms with van der Waals surface area (Å²) in [6, 6.07) is 5.82. The predicted octanol–water partition coefficient (Wildman–Crippen LogP) is 3.43. The summed E-state index contributed by atoms with van der Waals surface area (Å²) in [5.74, 6) is -0.691. The molecule has 2 heterocycles. The van der Waals surface area contributed by atoms with Gasteiger partial charge in [-0.05, 0) is 47.1 Å². The molecule has 0 saturated heterocycles. The number of hydrogen-bond donors (Lipinski definition) is 1. The molecule has 7 heteroatoms. The minimum atomic E-state index is -0.376. The molecule has 0 aliphatic rings. The third-order valence-electron chi connectivity index (χ3n) is 3.30. The number of rotatable bonds is 2. The van der Waals surface area contributed by atoms with Gasteiger partial charge in [0.2, 0.25) is 0 Å². The van der Waals surface area contributed by atoms with Crippen LogP contribution in [0.1, 0.15) is 16.1 Å². The van der Waals surface area contributed by atoms with Crippen LogP contribution in [0.4, 0.5) is 10.1 Å². The van der Waals surface area contributed by atoms with Crippen LogP contribution in [-0.2, 0) is 7.05 Å². The van der Waals surface area contributed by atoms with E-state index in [4.69, 9.17) is 0 Å². The number of halogens is 2. The number of carbonyl (C=O) groups is 1. The van der Waals surface area contributed by atoms with Crippen molar-refractivity contribution in [3.05, 3.63) is 52.0 Å². The number of benzene rings is 1. The third-order valence-corrected chi connectivity index (χ3v) is 3.96. The molecule has 0 saturated carbocycles. The van der Waals surface area contributed by atoms with E-state index >= 15 is 0 Å². The first-order chi connectivity index (χ1) is 10.5. The fraction of sp³-hybridized carbons (Fsp3) is 0.133. The molecule has 5 nitrogen and oxygen atoms in total. The number of nitrogens with one attached hydrogen (secondary N) is 1. The molecule has 0 fully saturated rings. The number of fused-ring (bicyclic) bond motifs is 1. The van der Waals surface area contributed by atoms with Crippen molar-refractivity contribution in [2.75, 3.05) is 5.32 Å². The zero-order chi connectivity index (χ0) is 15.9. The molecular weight excluding hydrogens is 351 g/mol. The highest BCUT2D eigenvalue weighted by molar-refractivity contribution is 9.10. The quantitative estimate of drug-likeness (QED) is 0.759. The number of aryl methyl sites for hydroxylation is 2. The van der Waals surface area contributed by atoms with Gasteiger partial charge >= 0.3 is 0 Å². The van der Waals surface area contributed by atoms with E-state index < -0.39 is 0 Å². The lowest BCUT2D eigenvalue weighted by atomic mass is 10.2. The minimum Gasteiger partial charge on any atom is -0.321 e. The van der Waals surface area contributed by atoms with Crippen molar-refractivity contribution < 1.29 is 9.18 Å². The van der Waals surface area contributed by atoms with Crippen molar-refractivity contribution in [2.45, 2.75) is 6.92 Å². The lowest BCUT2D eigenvalue weighted by Gasteiger charge is -2.07. The van der Waals surface area contributed by atoms with Gasteiger partial charge in [-0.3, -0.25) is 9.48 Å². The first kappa shape index (κ1) is 14.6. The molecule has 1 N–H and O–H groups in total. The maximum atomic E-state index is 13.1. The molecule has 0 aliphatic carbocycles. The molecule has 0 spiro atoms. The lowest BCUT2D eigenvalue weighted by Crippen LogP contribution is -2.12. The molecule has 22 heavy (non-hydrogen) atoms. The first-order valence-electron chi connectivity index (χ1n) is 6.51. The molecule has 1 amide bonds. The van der Waals surface area contributed by atoms with Crippen LogP contribution in [0.25, 0.3) is 11.0 Å². The number of anilines is 1. The van der Waals surface area contributed by atoms with E-state index in [0.717, 1.165) is 16.7 Å². The zero-order valence-electron chi connectivity index (χ0n) is 11.9. The van der Waals surface area contributed by atoms with Gasteiger partial charge in [0.05, 0.1) is 16.9 Å². The number of aromatic nitrogens is 3. The Labute approximate surface area is 134 Å². The summed E-state index contributed by atoms with van der Waals surface area (Å²) >= 11 is 3.22. The van der Waals surface area contributed by atoms with Crippen LogP contribution in [0.15, 0.2) is 34.9 Å². The van der Waals surface area contributed by atoms with Crippen LogP contribution in [0, 0.1) is 12.7 Å².